The fraction of sp³-hybridized carbons (Fsp3) is 0.310. The third-order valence-corrected chi connectivity index (χ3v) is 6.74. The zero-order valence-electron chi connectivity index (χ0n) is 23.4. The molecule has 0 saturated heterocycles. The Balaban J connectivity index is 1.85. The molecule has 0 aliphatic rings. The normalized spacial score (nSPS) is 13.7. The van der Waals surface area contributed by atoms with Crippen molar-refractivity contribution in [2.75, 3.05) is 0 Å². The largest absolute Gasteiger partial charge is 0.508 e. The van der Waals surface area contributed by atoms with Gasteiger partial charge in [-0.15, -0.1) is 0 Å². The summed E-state index contributed by atoms with van der Waals surface area (Å²) in [6.45, 7) is 0. The Kier molecular flexibility index (Phi) is 11.4. The first kappa shape index (κ1) is 33.1. The molecular formula is C29H33N5O10. The zero-order chi connectivity index (χ0) is 32.4. The number of phenols is 1. The fourth-order valence-corrected chi connectivity index (χ4v) is 4.41. The lowest BCUT2D eigenvalue weighted by molar-refractivity contribution is -0.143. The third kappa shape index (κ3) is 9.55. The van der Waals surface area contributed by atoms with Crippen molar-refractivity contribution in [3.8, 4) is 5.75 Å². The number of carboxylic acids is 3. The van der Waals surface area contributed by atoms with Crippen LogP contribution in [0.25, 0.3) is 10.9 Å². The summed E-state index contributed by atoms with van der Waals surface area (Å²) in [4.78, 5) is 76.7. The van der Waals surface area contributed by atoms with Gasteiger partial charge in [-0.25, -0.2) is 4.79 Å². The van der Waals surface area contributed by atoms with Gasteiger partial charge in [-0.2, -0.15) is 0 Å². The highest BCUT2D eigenvalue weighted by atomic mass is 16.4. The Morgan fingerprint density at radius 3 is 2.00 bits per heavy atom. The third-order valence-electron chi connectivity index (χ3n) is 6.74. The van der Waals surface area contributed by atoms with Crippen molar-refractivity contribution >= 4 is 46.5 Å². The number of aromatic hydroxyl groups is 1. The number of rotatable bonds is 16. The highest BCUT2D eigenvalue weighted by Crippen LogP contribution is 2.20. The summed E-state index contributed by atoms with van der Waals surface area (Å²) in [5.41, 5.74) is 7.51. The number of nitrogens with one attached hydrogen (secondary N) is 4. The van der Waals surface area contributed by atoms with Gasteiger partial charge in [0.15, 0.2) is 0 Å². The molecule has 15 heteroatoms. The monoisotopic (exact) mass is 611 g/mol. The number of para-hydroxylation sites is 1. The van der Waals surface area contributed by atoms with Gasteiger partial charge in [0.05, 0.1) is 12.5 Å². The number of hydrogen-bond donors (Lipinski definition) is 9. The highest BCUT2D eigenvalue weighted by molar-refractivity contribution is 5.96. The lowest BCUT2D eigenvalue weighted by Crippen LogP contribution is -2.58. The molecule has 1 aromatic heterocycles. The molecule has 2 aromatic carbocycles. The average molecular weight is 612 g/mol. The van der Waals surface area contributed by atoms with E-state index in [1.165, 1.54) is 24.3 Å². The number of carboxylic acid groups (broad SMARTS) is 3. The summed E-state index contributed by atoms with van der Waals surface area (Å²) < 4.78 is 0. The van der Waals surface area contributed by atoms with E-state index in [4.69, 9.17) is 10.8 Å². The number of phenolic OH excluding ortho intramolecular Hbond substituents is 1. The summed E-state index contributed by atoms with van der Waals surface area (Å²) in [6, 6.07) is 6.91. The predicted molar refractivity (Wildman–Crippen MR) is 154 cm³/mol. The number of nitrogens with two attached hydrogens (primary N) is 1. The number of amides is 3. The zero-order valence-corrected chi connectivity index (χ0v) is 23.4. The number of fused-ring (bicyclic) bond motifs is 1. The summed E-state index contributed by atoms with van der Waals surface area (Å²) in [5.74, 6) is -6.98. The number of aliphatic carboxylic acids is 3. The van der Waals surface area contributed by atoms with Crippen molar-refractivity contribution < 1.29 is 49.2 Å². The van der Waals surface area contributed by atoms with E-state index < -0.39 is 72.6 Å². The van der Waals surface area contributed by atoms with Crippen LogP contribution in [0.3, 0.4) is 0 Å². The molecule has 0 fully saturated rings. The fourth-order valence-electron chi connectivity index (χ4n) is 4.41. The number of H-pyrrole nitrogens is 1. The summed E-state index contributed by atoms with van der Waals surface area (Å²) in [6.07, 6.45) is -0.276. The second-order valence-corrected chi connectivity index (χ2v) is 10.1. The minimum absolute atomic E-state index is 0.0305. The van der Waals surface area contributed by atoms with Crippen LogP contribution in [-0.2, 0) is 41.6 Å². The highest BCUT2D eigenvalue weighted by Gasteiger charge is 2.32. The Hall–Kier alpha value is -5.44. The van der Waals surface area contributed by atoms with Gasteiger partial charge in [-0.05, 0) is 35.7 Å². The van der Waals surface area contributed by atoms with Crippen molar-refractivity contribution in [2.24, 2.45) is 5.73 Å². The minimum Gasteiger partial charge on any atom is -0.508 e. The second-order valence-electron chi connectivity index (χ2n) is 10.1. The summed E-state index contributed by atoms with van der Waals surface area (Å²) in [7, 11) is 0. The average Bonchev–Trinajstić information content (AvgIpc) is 3.38. The second kappa shape index (κ2) is 15.2. The lowest BCUT2D eigenvalue weighted by Gasteiger charge is -2.25. The molecule has 15 nitrogen and oxygen atoms in total. The van der Waals surface area contributed by atoms with E-state index >= 15 is 0 Å². The molecule has 0 bridgehead atoms. The van der Waals surface area contributed by atoms with Crippen molar-refractivity contribution in [1.29, 1.82) is 0 Å². The van der Waals surface area contributed by atoms with Crippen LogP contribution >= 0.6 is 0 Å². The van der Waals surface area contributed by atoms with Gasteiger partial charge < -0.3 is 47.1 Å². The number of carbonyl (C=O) groups excluding carboxylic acids is 3. The quantitative estimate of drug-likeness (QED) is 0.103. The number of hydrogen-bond acceptors (Lipinski definition) is 8. The van der Waals surface area contributed by atoms with E-state index in [1.54, 1.807) is 30.5 Å². The molecule has 1 heterocycles. The lowest BCUT2D eigenvalue weighted by atomic mass is 10.0. The summed E-state index contributed by atoms with van der Waals surface area (Å²) in [5, 5.41) is 45.3. The Bertz CT molecular complexity index is 1520. The number of benzene rings is 2. The molecule has 4 unspecified atom stereocenters. The van der Waals surface area contributed by atoms with E-state index in [0.717, 1.165) is 10.9 Å². The minimum atomic E-state index is -1.69. The van der Waals surface area contributed by atoms with Crippen LogP contribution in [0.2, 0.25) is 0 Å². The van der Waals surface area contributed by atoms with Gasteiger partial charge in [0.1, 0.15) is 23.9 Å². The maximum Gasteiger partial charge on any atom is 0.326 e. The Morgan fingerprint density at radius 2 is 1.36 bits per heavy atom. The Morgan fingerprint density at radius 1 is 0.750 bits per heavy atom. The SMILES string of the molecule is NC(CCC(=O)O)C(=O)NC(CC(=O)O)C(=O)NC(Cc1c[nH]c2ccccc12)C(=O)NC(Cc1ccc(O)cc1)C(=O)O. The van der Waals surface area contributed by atoms with Crippen LogP contribution < -0.4 is 21.7 Å². The van der Waals surface area contributed by atoms with E-state index in [2.05, 4.69) is 20.9 Å². The topological polar surface area (TPSA) is 261 Å². The van der Waals surface area contributed by atoms with Gasteiger partial charge in [-0.1, -0.05) is 30.3 Å². The maximum atomic E-state index is 13.5. The molecule has 44 heavy (non-hydrogen) atoms. The van der Waals surface area contributed by atoms with Crippen LogP contribution in [0.5, 0.6) is 5.75 Å². The van der Waals surface area contributed by atoms with Crippen LogP contribution in [0, 0.1) is 0 Å². The molecule has 0 saturated carbocycles. The molecular weight excluding hydrogens is 578 g/mol. The van der Waals surface area contributed by atoms with Gasteiger partial charge >= 0.3 is 17.9 Å². The van der Waals surface area contributed by atoms with Crippen molar-refractivity contribution in [2.45, 2.75) is 56.3 Å². The van der Waals surface area contributed by atoms with Crippen LogP contribution in [0.4, 0.5) is 0 Å². The standard InChI is InChI=1S/C29H33N5O10/c30-19(9-10-24(36)37)26(40)32-22(13-25(38)39)28(42)33-21(12-16-14-31-20-4-2-1-3-18(16)20)27(41)34-23(29(43)44)11-15-5-7-17(35)8-6-15/h1-8,14,19,21-23,31,35H,9-13,30H2,(H,32,40)(H,33,42)(H,34,41)(H,36,37)(H,38,39)(H,43,44). The number of carbonyl (C=O) groups is 6. The van der Waals surface area contributed by atoms with Gasteiger partial charge in [0, 0.05) is 36.4 Å². The van der Waals surface area contributed by atoms with Gasteiger partial charge in [-0.3, -0.25) is 24.0 Å². The van der Waals surface area contributed by atoms with E-state index in [0.29, 0.717) is 11.1 Å². The van der Waals surface area contributed by atoms with Crippen LogP contribution in [-0.4, -0.2) is 85.2 Å². The molecule has 4 atom stereocenters. The molecule has 3 aromatic rings. The first-order valence-electron chi connectivity index (χ1n) is 13.5. The molecule has 0 radical (unpaired) electrons. The van der Waals surface area contributed by atoms with E-state index in [1.807, 2.05) is 0 Å². The van der Waals surface area contributed by atoms with Gasteiger partial charge in [0.2, 0.25) is 17.7 Å². The first-order valence-corrected chi connectivity index (χ1v) is 13.5. The molecule has 3 rings (SSSR count). The van der Waals surface area contributed by atoms with Crippen LogP contribution in [0.15, 0.2) is 54.7 Å². The Labute approximate surface area is 250 Å². The van der Waals surface area contributed by atoms with Crippen molar-refractivity contribution in [1.82, 2.24) is 20.9 Å². The number of aromatic nitrogens is 1. The predicted octanol–water partition coefficient (Wildman–Crippen LogP) is -0.135. The molecule has 0 spiro atoms. The summed E-state index contributed by atoms with van der Waals surface area (Å²) >= 11 is 0. The van der Waals surface area contributed by atoms with E-state index in [9.17, 15) is 44.1 Å². The van der Waals surface area contributed by atoms with Crippen LogP contribution in [0.1, 0.15) is 30.4 Å². The molecule has 10 N–H and O–H groups in total. The van der Waals surface area contributed by atoms with Gasteiger partial charge in [0.25, 0.3) is 0 Å². The van der Waals surface area contributed by atoms with Crippen molar-refractivity contribution in [3.63, 3.8) is 0 Å². The number of aromatic amines is 1. The first-order chi connectivity index (χ1) is 20.8. The van der Waals surface area contributed by atoms with E-state index in [-0.39, 0.29) is 25.0 Å². The molecule has 0 aliphatic carbocycles. The maximum absolute atomic E-state index is 13.5. The van der Waals surface area contributed by atoms with Crippen molar-refractivity contribution in [3.05, 3.63) is 65.9 Å². The molecule has 0 aliphatic heterocycles. The molecule has 3 amide bonds. The molecule has 234 valence electrons. The smallest absolute Gasteiger partial charge is 0.326 e.